The monoisotopic (exact) mass is 618 g/mol. The summed E-state index contributed by atoms with van der Waals surface area (Å²) in [7, 11) is 0. The summed E-state index contributed by atoms with van der Waals surface area (Å²) in [6.07, 6.45) is 3.70. The number of carbonyl (C=O) groups excluding carboxylic acids is 2. The Balaban J connectivity index is 1.71. The summed E-state index contributed by atoms with van der Waals surface area (Å²) in [5.41, 5.74) is 0.567. The first kappa shape index (κ1) is 33.0. The molecule has 43 heavy (non-hydrogen) atoms. The van der Waals surface area contributed by atoms with Crippen molar-refractivity contribution >= 4 is 29.6 Å². The van der Waals surface area contributed by atoms with Crippen LogP contribution in [0.2, 0.25) is 0 Å². The molecule has 2 aromatic heterocycles. The number of rotatable bonds is 6. The lowest BCUT2D eigenvalue weighted by Crippen LogP contribution is -2.48. The Bertz CT molecular complexity index is 1360. The number of hydrogen-bond donors (Lipinski definition) is 0. The predicted molar refractivity (Wildman–Crippen MR) is 167 cm³/mol. The fourth-order valence-corrected chi connectivity index (χ4v) is 6.77. The van der Waals surface area contributed by atoms with Crippen LogP contribution in [0.5, 0.6) is 5.06 Å². The van der Waals surface area contributed by atoms with E-state index in [1.54, 1.807) is 35.6 Å². The Labute approximate surface area is 259 Å². The minimum Gasteiger partial charge on any atom is -0.477 e. The molecule has 0 spiro atoms. The van der Waals surface area contributed by atoms with E-state index < -0.39 is 29.0 Å². The molecular weight excluding hydrogens is 571 g/mol. The maximum atomic E-state index is 15.3. The molecule has 0 saturated carbocycles. The van der Waals surface area contributed by atoms with Crippen LogP contribution in [0.4, 0.5) is 14.0 Å². The lowest BCUT2D eigenvalue weighted by atomic mass is 9.90. The first-order valence-corrected chi connectivity index (χ1v) is 15.7. The molecule has 2 aliphatic heterocycles. The lowest BCUT2D eigenvalue weighted by molar-refractivity contribution is 0.0275. The summed E-state index contributed by atoms with van der Waals surface area (Å²) in [6, 6.07) is -0.552. The molecule has 3 atom stereocenters. The molecule has 238 valence electrons. The van der Waals surface area contributed by atoms with Crippen molar-refractivity contribution in [1.82, 2.24) is 19.4 Å². The number of halogens is 1. The van der Waals surface area contributed by atoms with Gasteiger partial charge >= 0.3 is 12.2 Å². The zero-order valence-corrected chi connectivity index (χ0v) is 28.1. The Morgan fingerprint density at radius 3 is 2.33 bits per heavy atom. The van der Waals surface area contributed by atoms with E-state index >= 15 is 4.39 Å². The zero-order chi connectivity index (χ0) is 32.1. The number of alkyl halides is 1. The van der Waals surface area contributed by atoms with Crippen molar-refractivity contribution < 1.29 is 28.2 Å². The van der Waals surface area contributed by atoms with E-state index in [0.29, 0.717) is 36.0 Å². The molecule has 0 aromatic carbocycles. The van der Waals surface area contributed by atoms with Gasteiger partial charge in [0, 0.05) is 31.2 Å². The Morgan fingerprint density at radius 2 is 1.74 bits per heavy atom. The highest BCUT2D eigenvalue weighted by molar-refractivity contribution is 7.13. The van der Waals surface area contributed by atoms with Gasteiger partial charge in [0.15, 0.2) is 5.06 Å². The van der Waals surface area contributed by atoms with E-state index in [0.717, 1.165) is 22.5 Å². The fourth-order valence-electron chi connectivity index (χ4n) is 5.81. The topological polar surface area (TPSA) is 86.1 Å². The first-order chi connectivity index (χ1) is 19.8. The van der Waals surface area contributed by atoms with Crippen molar-refractivity contribution in [2.75, 3.05) is 19.6 Å². The second-order valence-electron chi connectivity index (χ2n) is 14.2. The number of nitrogens with zero attached hydrogens (tertiary/aromatic N) is 4. The van der Waals surface area contributed by atoms with Gasteiger partial charge in [0.25, 0.3) is 0 Å². The maximum absolute atomic E-state index is 15.3. The number of carbonyl (C=O) groups is 2. The Hall–Kier alpha value is -2.92. The van der Waals surface area contributed by atoms with Gasteiger partial charge in [0.05, 0.1) is 18.4 Å². The largest absolute Gasteiger partial charge is 0.477 e. The van der Waals surface area contributed by atoms with Gasteiger partial charge in [-0.25, -0.2) is 19.0 Å². The fraction of sp³-hybridized carbons (Fsp3) is 0.656. The van der Waals surface area contributed by atoms with Crippen molar-refractivity contribution in [1.29, 1.82) is 0 Å². The third-order valence-electron chi connectivity index (χ3n) is 7.41. The second kappa shape index (κ2) is 11.9. The Morgan fingerprint density at radius 1 is 1.12 bits per heavy atom. The number of thiazole rings is 1. The average molecular weight is 619 g/mol. The molecule has 11 heteroatoms. The quantitative estimate of drug-likeness (QED) is 0.340. The normalized spacial score (nSPS) is 21.5. The molecule has 0 unspecified atom stereocenters. The molecule has 0 N–H and O–H groups in total. The van der Waals surface area contributed by atoms with Gasteiger partial charge in [-0.1, -0.05) is 24.0 Å². The van der Waals surface area contributed by atoms with E-state index in [1.807, 2.05) is 48.5 Å². The number of likely N-dealkylation sites (tertiary alicyclic amines) is 1. The van der Waals surface area contributed by atoms with E-state index in [4.69, 9.17) is 19.2 Å². The molecule has 9 nitrogen and oxygen atoms in total. The van der Waals surface area contributed by atoms with Crippen molar-refractivity contribution in [3.8, 4) is 5.06 Å². The van der Waals surface area contributed by atoms with Crippen LogP contribution in [0.15, 0.2) is 12.8 Å². The van der Waals surface area contributed by atoms with Crippen molar-refractivity contribution in [3.05, 3.63) is 40.3 Å². The standard InChI is InChI=1S/C32H47FN4O5S/c1-12-22-20(3)37(29(39)42-31(7,8)9)25-23(22)15-19(2)36(18-32(10,11)33)26(25)27-34-16-24(43-27)40-21-13-14-35(17-21)28(38)41-30(4,5)6/h12,16,19,21,26H,1,13-15,17-18H2,2-11H3/t19-,21+,26+/m1/s1. The van der Waals surface area contributed by atoms with Crippen molar-refractivity contribution in [2.45, 2.75) is 117 Å². The summed E-state index contributed by atoms with van der Waals surface area (Å²) in [5, 5.41) is 1.29. The molecule has 2 aliphatic rings. The number of aromatic nitrogens is 2. The smallest absolute Gasteiger partial charge is 0.419 e. The molecule has 4 heterocycles. The third kappa shape index (κ3) is 7.60. The minimum absolute atomic E-state index is 0.0365. The first-order valence-electron chi connectivity index (χ1n) is 14.9. The maximum Gasteiger partial charge on any atom is 0.419 e. The molecule has 2 aromatic rings. The molecular formula is C32H47FN4O5S. The van der Waals surface area contributed by atoms with Crippen LogP contribution in [-0.2, 0) is 15.9 Å². The molecule has 1 saturated heterocycles. The third-order valence-corrected chi connectivity index (χ3v) is 8.35. The second-order valence-corrected chi connectivity index (χ2v) is 15.2. The lowest BCUT2D eigenvalue weighted by Gasteiger charge is -2.42. The average Bonchev–Trinajstić information content (AvgIpc) is 3.55. The van der Waals surface area contributed by atoms with Crippen LogP contribution in [0.3, 0.4) is 0 Å². The predicted octanol–water partition coefficient (Wildman–Crippen LogP) is 7.15. The van der Waals surface area contributed by atoms with Crippen LogP contribution < -0.4 is 4.74 Å². The molecule has 1 fully saturated rings. The van der Waals surface area contributed by atoms with Crippen LogP contribution in [0.25, 0.3) is 6.08 Å². The van der Waals surface area contributed by atoms with E-state index in [1.165, 1.54) is 11.3 Å². The minimum atomic E-state index is -1.49. The summed E-state index contributed by atoms with van der Waals surface area (Å²) in [5.74, 6) is 0. The summed E-state index contributed by atoms with van der Waals surface area (Å²) in [6.45, 7) is 23.3. The highest BCUT2D eigenvalue weighted by Gasteiger charge is 2.43. The van der Waals surface area contributed by atoms with E-state index in [2.05, 4.69) is 18.4 Å². The number of ether oxygens (including phenoxy) is 3. The highest BCUT2D eigenvalue weighted by atomic mass is 32.1. The highest BCUT2D eigenvalue weighted by Crippen LogP contribution is 2.45. The Kier molecular flexibility index (Phi) is 9.11. The summed E-state index contributed by atoms with van der Waals surface area (Å²) in [4.78, 5) is 34.7. The van der Waals surface area contributed by atoms with E-state index in [9.17, 15) is 9.59 Å². The summed E-state index contributed by atoms with van der Waals surface area (Å²) >= 11 is 1.37. The van der Waals surface area contributed by atoms with E-state index in [-0.39, 0.29) is 24.8 Å². The van der Waals surface area contributed by atoms with Crippen LogP contribution >= 0.6 is 11.3 Å². The van der Waals surface area contributed by atoms with Crippen LogP contribution in [0, 0.1) is 6.92 Å². The van der Waals surface area contributed by atoms with Gasteiger partial charge in [-0.05, 0) is 86.8 Å². The van der Waals surface area contributed by atoms with Gasteiger partial charge in [-0.2, -0.15) is 0 Å². The van der Waals surface area contributed by atoms with Gasteiger partial charge in [-0.15, -0.1) is 0 Å². The van der Waals surface area contributed by atoms with Gasteiger partial charge in [-0.3, -0.25) is 9.47 Å². The molecule has 0 bridgehead atoms. The van der Waals surface area contributed by atoms with Gasteiger partial charge < -0.3 is 19.1 Å². The molecule has 0 radical (unpaired) electrons. The number of amides is 1. The van der Waals surface area contributed by atoms with Gasteiger partial charge in [0.1, 0.15) is 34.0 Å². The van der Waals surface area contributed by atoms with Gasteiger partial charge in [0.2, 0.25) is 0 Å². The SMILES string of the molecule is C=Cc1c2c(n(C(=O)OC(C)(C)C)c1C)[C@@H](c1ncc(O[C@H]3CCN(C(=O)OC(C)(C)C)C3)s1)N(CC(C)(C)F)[C@H](C)C2. The summed E-state index contributed by atoms with van der Waals surface area (Å²) < 4.78 is 34.6. The molecule has 4 rings (SSSR count). The van der Waals surface area contributed by atoms with Crippen molar-refractivity contribution in [3.63, 3.8) is 0 Å². The molecule has 0 aliphatic carbocycles. The van der Waals surface area contributed by atoms with Crippen molar-refractivity contribution in [2.24, 2.45) is 0 Å². The van der Waals surface area contributed by atoms with Crippen LogP contribution in [-0.4, -0.2) is 80.2 Å². The number of hydrogen-bond acceptors (Lipinski definition) is 8. The van der Waals surface area contributed by atoms with Crippen LogP contribution in [0.1, 0.15) is 102 Å². The molecule has 1 amide bonds. The zero-order valence-electron chi connectivity index (χ0n) is 27.2. The number of fused-ring (bicyclic) bond motifs is 1.